The lowest BCUT2D eigenvalue weighted by Gasteiger charge is -2.37. The summed E-state index contributed by atoms with van der Waals surface area (Å²) in [4.78, 5) is 29.8. The molecular weight excluding hydrogens is 602 g/mol. The Morgan fingerprint density at radius 1 is 1.20 bits per heavy atom. The van der Waals surface area contributed by atoms with Crippen molar-refractivity contribution in [2.75, 3.05) is 26.2 Å². The van der Waals surface area contributed by atoms with E-state index in [1.807, 2.05) is 6.92 Å². The van der Waals surface area contributed by atoms with Gasteiger partial charge in [0, 0.05) is 54.0 Å². The first-order valence-corrected chi connectivity index (χ1v) is 15.5. The molecule has 4 aromatic rings. The van der Waals surface area contributed by atoms with Crippen LogP contribution < -0.4 is 4.74 Å². The second-order valence-electron chi connectivity index (χ2n) is 12.7. The molecule has 5 heterocycles. The maximum Gasteiger partial charge on any atom is 0.317 e. The molecule has 240 valence electrons. The smallest absolute Gasteiger partial charge is 0.317 e. The van der Waals surface area contributed by atoms with Crippen LogP contribution in [0.5, 0.6) is 11.8 Å². The van der Waals surface area contributed by atoms with Crippen molar-refractivity contribution in [1.29, 1.82) is 0 Å². The number of piperidine rings is 1. The van der Waals surface area contributed by atoms with Gasteiger partial charge in [0.05, 0.1) is 11.2 Å². The quantitative estimate of drug-likeness (QED) is 0.199. The maximum atomic E-state index is 16.6. The zero-order valence-corrected chi connectivity index (χ0v) is 25.3. The summed E-state index contributed by atoms with van der Waals surface area (Å²) in [5.74, 6) is -3.90. The summed E-state index contributed by atoms with van der Waals surface area (Å²) < 4.78 is 66.7. The van der Waals surface area contributed by atoms with Crippen LogP contribution in [0, 0.1) is 17.5 Å². The van der Waals surface area contributed by atoms with Crippen molar-refractivity contribution < 1.29 is 32.2 Å². The average Bonchev–Trinajstić information content (AvgIpc) is 3.56. The van der Waals surface area contributed by atoms with Crippen molar-refractivity contribution >= 4 is 27.6 Å². The van der Waals surface area contributed by atoms with Gasteiger partial charge in [-0.25, -0.2) is 17.6 Å². The highest BCUT2D eigenvalue weighted by atomic mass is 19.2. The van der Waals surface area contributed by atoms with Crippen molar-refractivity contribution in [1.82, 2.24) is 24.8 Å². The number of alkyl halides is 1. The predicted octanol–water partition coefficient (Wildman–Crippen LogP) is 6.20. The number of aromatic hydroxyl groups is 1. The van der Waals surface area contributed by atoms with Gasteiger partial charge in [0.25, 0.3) is 0 Å². The zero-order chi connectivity index (χ0) is 32.3. The molecule has 3 fully saturated rings. The lowest BCUT2D eigenvalue weighted by molar-refractivity contribution is -0.129. The van der Waals surface area contributed by atoms with Crippen LogP contribution in [-0.2, 0) is 4.79 Å². The van der Waals surface area contributed by atoms with Gasteiger partial charge in [-0.05, 0) is 68.8 Å². The highest BCUT2D eigenvalue weighted by molar-refractivity contribution is 5.99. The van der Waals surface area contributed by atoms with E-state index in [0.29, 0.717) is 43.4 Å². The Labute approximate surface area is 262 Å². The third-order valence-corrected chi connectivity index (χ3v) is 9.89. The molecule has 0 saturated carbocycles. The van der Waals surface area contributed by atoms with E-state index in [2.05, 4.69) is 21.4 Å². The first-order chi connectivity index (χ1) is 22.1. The number of aromatic nitrogens is 3. The Morgan fingerprint density at radius 2 is 2.02 bits per heavy atom. The summed E-state index contributed by atoms with van der Waals surface area (Å²) in [5, 5.41) is 10.6. The van der Waals surface area contributed by atoms with Crippen molar-refractivity contribution in [3.8, 4) is 23.0 Å². The van der Waals surface area contributed by atoms with E-state index in [-0.39, 0.29) is 63.8 Å². The van der Waals surface area contributed by atoms with Crippen LogP contribution in [0.25, 0.3) is 32.9 Å². The molecule has 1 amide bonds. The third kappa shape index (κ3) is 5.03. The fourth-order valence-corrected chi connectivity index (χ4v) is 7.70. The van der Waals surface area contributed by atoms with E-state index in [9.17, 15) is 18.7 Å². The van der Waals surface area contributed by atoms with Gasteiger partial charge < -0.3 is 14.7 Å². The van der Waals surface area contributed by atoms with E-state index < -0.39 is 29.2 Å². The number of phenols is 1. The monoisotopic (exact) mass is 635 g/mol. The van der Waals surface area contributed by atoms with E-state index >= 15 is 8.78 Å². The van der Waals surface area contributed by atoms with Crippen molar-refractivity contribution in [3.05, 3.63) is 66.3 Å². The van der Waals surface area contributed by atoms with E-state index in [1.54, 1.807) is 4.90 Å². The van der Waals surface area contributed by atoms with Crippen LogP contribution in [0.3, 0.4) is 0 Å². The third-order valence-electron chi connectivity index (χ3n) is 9.89. The van der Waals surface area contributed by atoms with Gasteiger partial charge in [0.15, 0.2) is 17.5 Å². The number of hydrogen-bond acceptors (Lipinski definition) is 7. The van der Waals surface area contributed by atoms with Gasteiger partial charge in [-0.1, -0.05) is 12.6 Å². The minimum absolute atomic E-state index is 0.0858. The number of pyridine rings is 1. The van der Waals surface area contributed by atoms with Crippen LogP contribution in [-0.4, -0.2) is 79.8 Å². The average molecular weight is 636 g/mol. The molecule has 12 heteroatoms. The molecule has 7 rings (SSSR count). The first-order valence-electron chi connectivity index (χ1n) is 15.5. The molecule has 3 aliphatic rings. The van der Waals surface area contributed by atoms with Gasteiger partial charge in [0.1, 0.15) is 29.7 Å². The molecule has 1 N–H and O–H groups in total. The molecule has 3 aliphatic heterocycles. The summed E-state index contributed by atoms with van der Waals surface area (Å²) in [6, 6.07) is 4.38. The molecule has 2 aromatic heterocycles. The number of halogens is 4. The Hall–Kier alpha value is -4.32. The fraction of sp³-hybridized carbons (Fsp3) is 0.412. The van der Waals surface area contributed by atoms with Gasteiger partial charge in [-0.2, -0.15) is 9.97 Å². The number of hydrogen-bond donors (Lipinski definition) is 1. The second kappa shape index (κ2) is 11.5. The Balaban J connectivity index is 1.35. The Morgan fingerprint density at radius 3 is 2.80 bits per heavy atom. The largest absolute Gasteiger partial charge is 0.508 e. The molecule has 0 bridgehead atoms. The summed E-state index contributed by atoms with van der Waals surface area (Å²) >= 11 is 0. The van der Waals surface area contributed by atoms with E-state index in [1.165, 1.54) is 24.4 Å². The van der Waals surface area contributed by atoms with Crippen molar-refractivity contribution in [2.24, 2.45) is 0 Å². The minimum atomic E-state index is -1.20. The minimum Gasteiger partial charge on any atom is -0.508 e. The summed E-state index contributed by atoms with van der Waals surface area (Å²) in [6.45, 7) is 7.19. The van der Waals surface area contributed by atoms with Crippen LogP contribution in [0.4, 0.5) is 17.6 Å². The highest BCUT2D eigenvalue weighted by Crippen LogP contribution is 2.42. The molecule has 46 heavy (non-hydrogen) atoms. The predicted molar refractivity (Wildman–Crippen MR) is 164 cm³/mol. The molecule has 4 atom stereocenters. The van der Waals surface area contributed by atoms with Crippen LogP contribution in [0.15, 0.2) is 43.1 Å². The first kappa shape index (κ1) is 30.3. The molecule has 3 unspecified atom stereocenters. The number of rotatable bonds is 6. The number of nitrogens with zero attached hydrogens (tertiary/aromatic N) is 5. The molecule has 0 aliphatic carbocycles. The number of likely N-dealkylation sites (tertiary alicyclic amines) is 1. The Kier molecular flexibility index (Phi) is 7.57. The summed E-state index contributed by atoms with van der Waals surface area (Å²) in [5.41, 5.74) is -0.605. The molecule has 0 radical (unpaired) electrons. The summed E-state index contributed by atoms with van der Waals surface area (Å²) in [7, 11) is 0. The molecular formula is C34H33F4N5O3. The van der Waals surface area contributed by atoms with E-state index in [4.69, 9.17) is 9.72 Å². The zero-order valence-electron chi connectivity index (χ0n) is 25.3. The topological polar surface area (TPSA) is 91.7 Å². The van der Waals surface area contributed by atoms with Gasteiger partial charge in [0.2, 0.25) is 5.91 Å². The summed E-state index contributed by atoms with van der Waals surface area (Å²) in [6.07, 6.45) is 4.77. The van der Waals surface area contributed by atoms with Crippen LogP contribution in [0.1, 0.15) is 50.6 Å². The van der Waals surface area contributed by atoms with Gasteiger partial charge in [-0.15, -0.1) is 0 Å². The number of phenolic OH excluding ortho intramolecular Hbond substituents is 1. The number of fused-ring (bicyclic) bond motifs is 3. The van der Waals surface area contributed by atoms with E-state index in [0.717, 1.165) is 31.5 Å². The lowest BCUT2D eigenvalue weighted by atomic mass is 9.87. The molecule has 3 saturated heterocycles. The molecule has 2 aromatic carbocycles. The van der Waals surface area contributed by atoms with Crippen molar-refractivity contribution in [2.45, 2.75) is 62.7 Å². The van der Waals surface area contributed by atoms with Crippen LogP contribution in [0.2, 0.25) is 0 Å². The number of benzene rings is 2. The van der Waals surface area contributed by atoms with Crippen LogP contribution >= 0.6 is 0 Å². The second-order valence-corrected chi connectivity index (χ2v) is 12.7. The number of amides is 1. The highest BCUT2D eigenvalue weighted by Gasteiger charge is 2.49. The molecule has 8 nitrogen and oxygen atoms in total. The normalized spacial score (nSPS) is 24.9. The SMILES string of the molecule is C=CC(=O)N1CCC(c2nc(OCC34CCCN3CC(F)C4)nc3c(F)c(-c4cc(O)cc5ccc(F)c(F)c45)ncc23)C[C@H]1C. The van der Waals surface area contributed by atoms with Crippen molar-refractivity contribution in [3.63, 3.8) is 0 Å². The standard InChI is InChI=1S/C34H33F4N5O3/c1-3-26(45)43-10-7-20(11-18(43)2)30-24-15-39-31(23-13-22(44)12-19-5-6-25(36)28(37)27(19)23)29(38)32(24)41-33(40-30)46-17-34-8-4-9-42(34)16-21(35)14-34/h3,5-6,12-13,15,18,20-21,44H,1,4,7-11,14,16-17H2,2H3/t18-,20?,21?,34?/m1/s1. The Bertz CT molecular complexity index is 1890. The molecule has 0 spiro atoms. The lowest BCUT2D eigenvalue weighted by Crippen LogP contribution is -2.44. The maximum absolute atomic E-state index is 16.6. The number of carbonyl (C=O) groups excluding carboxylic acids is 1. The van der Waals surface area contributed by atoms with Gasteiger partial charge >= 0.3 is 6.01 Å². The fourth-order valence-electron chi connectivity index (χ4n) is 7.70. The number of ether oxygens (including phenoxy) is 1. The number of carbonyl (C=O) groups is 1. The van der Waals surface area contributed by atoms with Gasteiger partial charge in [-0.3, -0.25) is 14.7 Å².